The lowest BCUT2D eigenvalue weighted by Crippen LogP contribution is -2.36. The molecule has 22 heavy (non-hydrogen) atoms. The fourth-order valence-electron chi connectivity index (χ4n) is 3.32. The van der Waals surface area contributed by atoms with Crippen molar-refractivity contribution in [2.24, 2.45) is 0 Å². The van der Waals surface area contributed by atoms with E-state index in [-0.39, 0.29) is 0 Å². The van der Waals surface area contributed by atoms with E-state index in [4.69, 9.17) is 4.98 Å². The van der Waals surface area contributed by atoms with Gasteiger partial charge in [0.25, 0.3) is 0 Å². The van der Waals surface area contributed by atoms with E-state index in [9.17, 15) is 0 Å². The molecule has 1 atom stereocenters. The van der Waals surface area contributed by atoms with E-state index in [2.05, 4.69) is 33.2 Å². The molecule has 1 N–H and O–H groups in total. The topological polar surface area (TPSA) is 49.7 Å². The smallest absolute Gasteiger partial charge is 0.111 e. The van der Waals surface area contributed by atoms with Crippen molar-refractivity contribution in [1.29, 1.82) is 0 Å². The number of imidazole rings is 1. The van der Waals surface area contributed by atoms with Crippen LogP contribution in [0.3, 0.4) is 0 Å². The summed E-state index contributed by atoms with van der Waals surface area (Å²) in [6.07, 6.45) is 6.33. The number of piperidine rings is 1. The van der Waals surface area contributed by atoms with Gasteiger partial charge in [0, 0.05) is 31.4 Å². The first-order chi connectivity index (χ1) is 10.9. The largest absolute Gasteiger partial charge is 0.342 e. The van der Waals surface area contributed by atoms with Gasteiger partial charge in [-0.15, -0.1) is 0 Å². The molecule has 1 aromatic carbocycles. The molecule has 114 valence electrons. The van der Waals surface area contributed by atoms with E-state index in [0.29, 0.717) is 5.92 Å². The zero-order chi connectivity index (χ0) is 14.8. The van der Waals surface area contributed by atoms with Crippen molar-refractivity contribution in [3.8, 4) is 0 Å². The molecule has 0 aliphatic carbocycles. The summed E-state index contributed by atoms with van der Waals surface area (Å²) < 4.78 is 2.00. The SMILES string of the molecule is c1ccc2[nH]c(C3CCCN(CCn4cccn4)C3)nc2c1. The molecule has 1 saturated heterocycles. The summed E-state index contributed by atoms with van der Waals surface area (Å²) >= 11 is 0. The molecule has 1 fully saturated rings. The molecule has 1 unspecified atom stereocenters. The van der Waals surface area contributed by atoms with E-state index in [1.54, 1.807) is 0 Å². The molecular formula is C17H21N5. The van der Waals surface area contributed by atoms with Crippen LogP contribution < -0.4 is 0 Å². The molecule has 2 aromatic heterocycles. The Morgan fingerprint density at radius 1 is 1.18 bits per heavy atom. The second-order valence-electron chi connectivity index (χ2n) is 6.05. The monoisotopic (exact) mass is 295 g/mol. The quantitative estimate of drug-likeness (QED) is 0.805. The second-order valence-corrected chi connectivity index (χ2v) is 6.05. The van der Waals surface area contributed by atoms with Gasteiger partial charge in [-0.25, -0.2) is 4.98 Å². The third kappa shape index (κ3) is 2.76. The van der Waals surface area contributed by atoms with Gasteiger partial charge in [-0.2, -0.15) is 5.10 Å². The number of benzene rings is 1. The number of H-pyrrole nitrogens is 1. The number of rotatable bonds is 4. The number of aromatic nitrogens is 4. The molecule has 0 saturated carbocycles. The number of para-hydroxylation sites is 2. The summed E-state index contributed by atoms with van der Waals surface area (Å²) in [5.74, 6) is 1.66. The lowest BCUT2D eigenvalue weighted by molar-refractivity contribution is 0.195. The van der Waals surface area contributed by atoms with Crippen molar-refractivity contribution in [2.45, 2.75) is 25.3 Å². The predicted molar refractivity (Wildman–Crippen MR) is 86.7 cm³/mol. The van der Waals surface area contributed by atoms with E-state index < -0.39 is 0 Å². The standard InChI is InChI=1S/C17H21N5/c1-2-7-16-15(6-1)19-17(20-16)14-5-3-9-21(13-14)11-12-22-10-4-8-18-22/h1-2,4,6-8,10,14H,3,5,9,11-13H2,(H,19,20). The number of aromatic amines is 1. The number of nitrogens with zero attached hydrogens (tertiary/aromatic N) is 4. The molecule has 5 heteroatoms. The van der Waals surface area contributed by atoms with Gasteiger partial charge in [0.1, 0.15) is 5.82 Å². The zero-order valence-corrected chi connectivity index (χ0v) is 12.7. The average molecular weight is 295 g/mol. The molecular weight excluding hydrogens is 274 g/mol. The first kappa shape index (κ1) is 13.5. The summed E-state index contributed by atoms with van der Waals surface area (Å²) in [6.45, 7) is 4.28. The lowest BCUT2D eigenvalue weighted by atomic mass is 9.97. The fourth-order valence-corrected chi connectivity index (χ4v) is 3.32. The van der Waals surface area contributed by atoms with Crippen LogP contribution in [-0.4, -0.2) is 44.3 Å². The second kappa shape index (κ2) is 5.93. The van der Waals surface area contributed by atoms with Gasteiger partial charge >= 0.3 is 0 Å². The Labute approximate surface area is 130 Å². The van der Waals surface area contributed by atoms with Crippen molar-refractivity contribution in [3.05, 3.63) is 48.5 Å². The maximum Gasteiger partial charge on any atom is 0.111 e. The first-order valence-electron chi connectivity index (χ1n) is 8.03. The van der Waals surface area contributed by atoms with Gasteiger partial charge in [0.15, 0.2) is 0 Å². The highest BCUT2D eigenvalue weighted by Crippen LogP contribution is 2.26. The highest BCUT2D eigenvalue weighted by atomic mass is 15.3. The van der Waals surface area contributed by atoms with Crippen molar-refractivity contribution in [2.75, 3.05) is 19.6 Å². The highest BCUT2D eigenvalue weighted by molar-refractivity contribution is 5.74. The van der Waals surface area contributed by atoms with Gasteiger partial charge in [-0.3, -0.25) is 4.68 Å². The van der Waals surface area contributed by atoms with E-state index in [1.165, 1.54) is 19.4 Å². The Morgan fingerprint density at radius 2 is 2.14 bits per heavy atom. The Morgan fingerprint density at radius 3 is 3.00 bits per heavy atom. The molecule has 3 aromatic rings. The van der Waals surface area contributed by atoms with Gasteiger partial charge in [0.05, 0.1) is 17.6 Å². The molecule has 0 amide bonds. The van der Waals surface area contributed by atoms with Crippen molar-refractivity contribution in [3.63, 3.8) is 0 Å². The van der Waals surface area contributed by atoms with Crippen LogP contribution in [0.4, 0.5) is 0 Å². The summed E-state index contributed by atoms with van der Waals surface area (Å²) in [7, 11) is 0. The van der Waals surface area contributed by atoms with Crippen molar-refractivity contribution >= 4 is 11.0 Å². The molecule has 0 radical (unpaired) electrons. The first-order valence-corrected chi connectivity index (χ1v) is 8.03. The van der Waals surface area contributed by atoms with Gasteiger partial charge in [-0.1, -0.05) is 12.1 Å². The molecule has 0 bridgehead atoms. The van der Waals surface area contributed by atoms with Crippen LogP contribution in [0.1, 0.15) is 24.6 Å². The molecule has 1 aliphatic heterocycles. The average Bonchev–Trinajstić information content (AvgIpc) is 3.22. The van der Waals surface area contributed by atoms with Crippen LogP contribution in [0.15, 0.2) is 42.7 Å². The number of hydrogen-bond acceptors (Lipinski definition) is 3. The van der Waals surface area contributed by atoms with E-state index in [0.717, 1.165) is 36.5 Å². The Kier molecular flexibility index (Phi) is 3.64. The summed E-state index contributed by atoms with van der Waals surface area (Å²) in [5.41, 5.74) is 2.22. The predicted octanol–water partition coefficient (Wildman–Crippen LogP) is 2.64. The number of nitrogens with one attached hydrogen (secondary N) is 1. The Hall–Kier alpha value is -2.14. The minimum absolute atomic E-state index is 0.513. The van der Waals surface area contributed by atoms with Crippen LogP contribution >= 0.6 is 0 Å². The fraction of sp³-hybridized carbons (Fsp3) is 0.412. The summed E-state index contributed by atoms with van der Waals surface area (Å²) in [5, 5.41) is 4.28. The van der Waals surface area contributed by atoms with E-state index >= 15 is 0 Å². The summed E-state index contributed by atoms with van der Waals surface area (Å²) in [6, 6.07) is 10.3. The van der Waals surface area contributed by atoms with Crippen LogP contribution in [0.25, 0.3) is 11.0 Å². The van der Waals surface area contributed by atoms with Crippen molar-refractivity contribution < 1.29 is 0 Å². The van der Waals surface area contributed by atoms with Crippen LogP contribution in [0.2, 0.25) is 0 Å². The molecule has 1 aliphatic rings. The van der Waals surface area contributed by atoms with Crippen LogP contribution in [-0.2, 0) is 6.54 Å². The number of fused-ring (bicyclic) bond motifs is 1. The summed E-state index contributed by atoms with van der Waals surface area (Å²) in [4.78, 5) is 10.8. The third-order valence-corrected chi connectivity index (χ3v) is 4.50. The van der Waals surface area contributed by atoms with Crippen LogP contribution in [0.5, 0.6) is 0 Å². The maximum absolute atomic E-state index is 4.78. The van der Waals surface area contributed by atoms with Crippen molar-refractivity contribution in [1.82, 2.24) is 24.6 Å². The third-order valence-electron chi connectivity index (χ3n) is 4.50. The minimum Gasteiger partial charge on any atom is -0.342 e. The molecule has 3 heterocycles. The molecule has 0 spiro atoms. The van der Waals surface area contributed by atoms with E-state index in [1.807, 2.05) is 29.2 Å². The number of hydrogen-bond donors (Lipinski definition) is 1. The maximum atomic E-state index is 4.78. The minimum atomic E-state index is 0.513. The van der Waals surface area contributed by atoms with Gasteiger partial charge in [0.2, 0.25) is 0 Å². The Balaban J connectivity index is 1.43. The zero-order valence-electron chi connectivity index (χ0n) is 12.7. The highest BCUT2D eigenvalue weighted by Gasteiger charge is 2.23. The van der Waals surface area contributed by atoms with Gasteiger partial charge < -0.3 is 9.88 Å². The van der Waals surface area contributed by atoms with Crippen LogP contribution in [0, 0.1) is 0 Å². The normalized spacial score (nSPS) is 19.7. The lowest BCUT2D eigenvalue weighted by Gasteiger charge is -2.31. The molecule has 5 nitrogen and oxygen atoms in total. The number of likely N-dealkylation sites (tertiary alicyclic amines) is 1. The molecule has 4 rings (SSSR count). The Bertz CT molecular complexity index is 697. The van der Waals surface area contributed by atoms with Gasteiger partial charge in [-0.05, 0) is 37.6 Å².